The van der Waals surface area contributed by atoms with Crippen LogP contribution in [0.5, 0.6) is 0 Å². The minimum Gasteiger partial charge on any atom is -0.329 e. The second kappa shape index (κ2) is 6.92. The van der Waals surface area contributed by atoms with E-state index in [4.69, 9.17) is 17.3 Å². The smallest absolute Gasteiger partial charge is 0.329 e. The lowest BCUT2D eigenvalue weighted by Crippen LogP contribution is -2.41. The molecule has 0 saturated heterocycles. The highest BCUT2D eigenvalue weighted by molar-refractivity contribution is 7.89. The molecule has 4 nitrogen and oxygen atoms in total. The standard InChI is InChI=1S/C12H14ClF3N2O2S.ClH/c13-9-5-8(12(14,15)16)3-4-11(9)21(19,20)18-10(6-17)7-1-2-7;/h3-5,7,10,18H,1-2,6,17H2;1H. The molecule has 1 atom stereocenters. The Bertz CT molecular complexity index is 634. The number of sulfonamides is 1. The van der Waals surface area contributed by atoms with E-state index >= 15 is 0 Å². The average molecular weight is 379 g/mol. The molecule has 0 spiro atoms. The predicted molar refractivity (Wildman–Crippen MR) is 79.6 cm³/mol. The van der Waals surface area contributed by atoms with Gasteiger partial charge in [-0.15, -0.1) is 12.4 Å². The molecule has 0 amide bonds. The lowest BCUT2D eigenvalue weighted by atomic mass is 10.2. The second-order valence-electron chi connectivity index (χ2n) is 4.94. The molecular weight excluding hydrogens is 364 g/mol. The molecule has 0 bridgehead atoms. The van der Waals surface area contributed by atoms with E-state index in [1.165, 1.54) is 0 Å². The van der Waals surface area contributed by atoms with Crippen molar-refractivity contribution in [3.8, 4) is 0 Å². The fraction of sp³-hybridized carbons (Fsp3) is 0.500. The van der Waals surface area contributed by atoms with E-state index in [1.807, 2.05) is 0 Å². The van der Waals surface area contributed by atoms with Crippen molar-refractivity contribution in [3.05, 3.63) is 28.8 Å². The number of alkyl halides is 3. The van der Waals surface area contributed by atoms with Gasteiger partial charge < -0.3 is 5.73 Å². The van der Waals surface area contributed by atoms with E-state index in [0.717, 1.165) is 18.9 Å². The van der Waals surface area contributed by atoms with Crippen LogP contribution in [0.3, 0.4) is 0 Å². The zero-order valence-electron chi connectivity index (χ0n) is 11.2. The predicted octanol–water partition coefficient (Wildman–Crippen LogP) is 2.80. The van der Waals surface area contributed by atoms with E-state index in [1.54, 1.807) is 0 Å². The highest BCUT2D eigenvalue weighted by atomic mass is 35.5. The van der Waals surface area contributed by atoms with Gasteiger partial charge in [0, 0.05) is 12.6 Å². The van der Waals surface area contributed by atoms with Crippen LogP contribution in [0.25, 0.3) is 0 Å². The van der Waals surface area contributed by atoms with E-state index in [-0.39, 0.29) is 29.8 Å². The molecule has 1 unspecified atom stereocenters. The quantitative estimate of drug-likeness (QED) is 0.827. The number of rotatable bonds is 5. The van der Waals surface area contributed by atoms with Crippen LogP contribution in [0.4, 0.5) is 13.2 Å². The van der Waals surface area contributed by atoms with Crippen LogP contribution < -0.4 is 10.5 Å². The molecule has 0 radical (unpaired) electrons. The molecule has 126 valence electrons. The fourth-order valence-corrected chi connectivity index (χ4v) is 3.86. The Kier molecular flexibility index (Phi) is 6.14. The molecule has 0 aromatic heterocycles. The number of hydrogen-bond donors (Lipinski definition) is 2. The minimum atomic E-state index is -4.58. The highest BCUT2D eigenvalue weighted by Gasteiger charge is 2.35. The number of nitrogens with two attached hydrogens (primary N) is 1. The van der Waals surface area contributed by atoms with Gasteiger partial charge in [-0.2, -0.15) is 13.2 Å². The normalized spacial score (nSPS) is 17.0. The molecule has 1 saturated carbocycles. The molecule has 2 rings (SSSR count). The molecule has 3 N–H and O–H groups in total. The number of nitrogens with one attached hydrogen (secondary N) is 1. The van der Waals surface area contributed by atoms with Crippen molar-refractivity contribution in [2.24, 2.45) is 11.7 Å². The first-order valence-corrected chi connectivity index (χ1v) is 8.10. The van der Waals surface area contributed by atoms with Gasteiger partial charge in [0.1, 0.15) is 4.90 Å². The Hall–Kier alpha value is -0.540. The zero-order valence-corrected chi connectivity index (χ0v) is 13.6. The van der Waals surface area contributed by atoms with Crippen LogP contribution in [-0.2, 0) is 16.2 Å². The highest BCUT2D eigenvalue weighted by Crippen LogP contribution is 2.35. The molecule has 0 heterocycles. The minimum absolute atomic E-state index is 0. The van der Waals surface area contributed by atoms with E-state index in [0.29, 0.717) is 12.1 Å². The Morgan fingerprint density at radius 1 is 1.36 bits per heavy atom. The maximum atomic E-state index is 12.5. The monoisotopic (exact) mass is 378 g/mol. The summed E-state index contributed by atoms with van der Waals surface area (Å²) >= 11 is 5.69. The van der Waals surface area contributed by atoms with Crippen LogP contribution >= 0.6 is 24.0 Å². The summed E-state index contributed by atoms with van der Waals surface area (Å²) in [6.07, 6.45) is -2.82. The van der Waals surface area contributed by atoms with Gasteiger partial charge >= 0.3 is 6.18 Å². The van der Waals surface area contributed by atoms with Gasteiger partial charge in [0.15, 0.2) is 0 Å². The molecule has 1 aromatic carbocycles. The zero-order chi connectivity index (χ0) is 15.8. The van der Waals surface area contributed by atoms with E-state index in [9.17, 15) is 21.6 Å². The van der Waals surface area contributed by atoms with Crippen molar-refractivity contribution < 1.29 is 21.6 Å². The van der Waals surface area contributed by atoms with Gasteiger partial charge in [0.05, 0.1) is 10.6 Å². The van der Waals surface area contributed by atoms with Crippen LogP contribution in [0, 0.1) is 5.92 Å². The van der Waals surface area contributed by atoms with Crippen molar-refractivity contribution in [1.29, 1.82) is 0 Å². The van der Waals surface area contributed by atoms with Crippen molar-refractivity contribution in [3.63, 3.8) is 0 Å². The van der Waals surface area contributed by atoms with Crippen LogP contribution in [-0.4, -0.2) is 21.0 Å². The topological polar surface area (TPSA) is 72.2 Å². The van der Waals surface area contributed by atoms with Crippen molar-refractivity contribution in [2.45, 2.75) is 30.0 Å². The first-order valence-electron chi connectivity index (χ1n) is 6.24. The van der Waals surface area contributed by atoms with Crippen LogP contribution in [0.15, 0.2) is 23.1 Å². The summed E-state index contributed by atoms with van der Waals surface area (Å²) in [6, 6.07) is 1.72. The van der Waals surface area contributed by atoms with Crippen LogP contribution in [0.2, 0.25) is 5.02 Å². The van der Waals surface area contributed by atoms with Crippen molar-refractivity contribution >= 4 is 34.0 Å². The van der Waals surface area contributed by atoms with Gasteiger partial charge in [-0.3, -0.25) is 0 Å². The summed E-state index contributed by atoms with van der Waals surface area (Å²) < 4.78 is 64.4. The SMILES string of the molecule is Cl.NCC(NS(=O)(=O)c1ccc(C(F)(F)F)cc1Cl)C1CC1. The summed E-state index contributed by atoms with van der Waals surface area (Å²) in [6.45, 7) is 0.127. The van der Waals surface area contributed by atoms with Crippen LogP contribution in [0.1, 0.15) is 18.4 Å². The summed E-state index contributed by atoms with van der Waals surface area (Å²) in [5.41, 5.74) is 4.51. The maximum absolute atomic E-state index is 12.5. The van der Waals surface area contributed by atoms with Gasteiger partial charge in [0.2, 0.25) is 10.0 Å². The molecule has 1 aromatic rings. The lowest BCUT2D eigenvalue weighted by Gasteiger charge is -2.17. The number of benzene rings is 1. The molecule has 0 aliphatic heterocycles. The molecule has 1 fully saturated rings. The molecule has 1 aliphatic carbocycles. The molecule has 1 aliphatic rings. The summed E-state index contributed by atoms with van der Waals surface area (Å²) in [7, 11) is -4.00. The summed E-state index contributed by atoms with van der Waals surface area (Å²) in [5, 5.41) is -0.469. The average Bonchev–Trinajstić information content (AvgIpc) is 3.18. The molecule has 22 heavy (non-hydrogen) atoms. The largest absolute Gasteiger partial charge is 0.416 e. The van der Waals surface area contributed by atoms with E-state index in [2.05, 4.69) is 4.72 Å². The fourth-order valence-electron chi connectivity index (χ4n) is 1.99. The van der Waals surface area contributed by atoms with Gasteiger partial charge in [0.25, 0.3) is 0 Å². The number of halogens is 5. The third-order valence-electron chi connectivity index (χ3n) is 3.30. The third-order valence-corrected chi connectivity index (χ3v) is 5.27. The summed E-state index contributed by atoms with van der Waals surface area (Å²) in [4.78, 5) is -0.378. The van der Waals surface area contributed by atoms with Gasteiger partial charge in [-0.25, -0.2) is 13.1 Å². The van der Waals surface area contributed by atoms with Gasteiger partial charge in [-0.1, -0.05) is 11.6 Å². The Balaban J connectivity index is 0.00000242. The summed E-state index contributed by atoms with van der Waals surface area (Å²) in [5.74, 6) is 0.179. The van der Waals surface area contributed by atoms with E-state index < -0.39 is 32.8 Å². The maximum Gasteiger partial charge on any atom is 0.416 e. The molecular formula is C12H15Cl2F3N2O2S. The Morgan fingerprint density at radius 2 is 1.95 bits per heavy atom. The number of hydrogen-bond acceptors (Lipinski definition) is 3. The first-order chi connectivity index (χ1) is 9.65. The third kappa shape index (κ3) is 4.48. The Labute approximate surface area is 137 Å². The van der Waals surface area contributed by atoms with Gasteiger partial charge in [-0.05, 0) is 37.0 Å². The molecule has 10 heteroatoms. The van der Waals surface area contributed by atoms with Crippen molar-refractivity contribution in [1.82, 2.24) is 4.72 Å². The van der Waals surface area contributed by atoms with Crippen molar-refractivity contribution in [2.75, 3.05) is 6.54 Å². The second-order valence-corrected chi connectivity index (χ2v) is 7.03. The Morgan fingerprint density at radius 3 is 2.36 bits per heavy atom. The first kappa shape index (κ1) is 19.5. The lowest BCUT2D eigenvalue weighted by molar-refractivity contribution is -0.137.